The van der Waals surface area contributed by atoms with Crippen molar-refractivity contribution < 1.29 is 4.39 Å². The minimum atomic E-state index is -0.401. The van der Waals surface area contributed by atoms with E-state index >= 15 is 0 Å². The van der Waals surface area contributed by atoms with E-state index in [1.54, 1.807) is 24.3 Å². The molecule has 1 unspecified atom stereocenters. The monoisotopic (exact) mass is 366 g/mol. The van der Waals surface area contributed by atoms with Crippen molar-refractivity contribution in [2.75, 3.05) is 0 Å². The van der Waals surface area contributed by atoms with Gasteiger partial charge in [-0.2, -0.15) is 0 Å². The van der Waals surface area contributed by atoms with Gasteiger partial charge in [0.05, 0.1) is 4.83 Å². The molecule has 18 heavy (non-hydrogen) atoms. The lowest BCUT2D eigenvalue weighted by molar-refractivity contribution is 0.613. The average Bonchev–Trinajstić information content (AvgIpc) is 2.34. The van der Waals surface area contributed by atoms with E-state index in [-0.39, 0.29) is 5.82 Å². The molecule has 0 amide bonds. The zero-order valence-electron chi connectivity index (χ0n) is 8.93. The highest BCUT2D eigenvalue weighted by atomic mass is 79.9. The van der Waals surface area contributed by atoms with Crippen molar-refractivity contribution in [3.05, 3.63) is 68.4 Å². The molecule has 0 spiro atoms. The molecule has 0 saturated heterocycles. The Morgan fingerprint density at radius 1 is 0.889 bits per heavy atom. The predicted octanol–water partition coefficient (Wildman–Crippen LogP) is 6.27. The van der Waals surface area contributed by atoms with Gasteiger partial charge in [0.25, 0.3) is 0 Å². The molecule has 0 bridgehead atoms. The van der Waals surface area contributed by atoms with Gasteiger partial charge in [0.2, 0.25) is 0 Å². The van der Waals surface area contributed by atoms with Crippen LogP contribution in [0, 0.1) is 5.82 Å². The van der Waals surface area contributed by atoms with E-state index < -0.39 is 4.83 Å². The van der Waals surface area contributed by atoms with Gasteiger partial charge in [0.15, 0.2) is 0 Å². The Bertz CT molecular complexity index is 535. The van der Waals surface area contributed by atoms with Gasteiger partial charge >= 0.3 is 0 Å². The maximum absolute atomic E-state index is 13.8. The molecular formula is C13H7BrCl3F. The van der Waals surface area contributed by atoms with Crippen molar-refractivity contribution in [3.8, 4) is 0 Å². The number of hydrogen-bond acceptors (Lipinski definition) is 0. The quantitative estimate of drug-likeness (QED) is 0.548. The summed E-state index contributed by atoms with van der Waals surface area (Å²) in [5.74, 6) is -0.350. The summed E-state index contributed by atoms with van der Waals surface area (Å²) in [5, 5.41) is 1.52. The fourth-order valence-corrected chi connectivity index (χ4v) is 3.03. The molecule has 0 saturated carbocycles. The van der Waals surface area contributed by atoms with E-state index in [9.17, 15) is 4.39 Å². The van der Waals surface area contributed by atoms with Crippen LogP contribution in [-0.2, 0) is 0 Å². The number of alkyl halides is 1. The molecule has 0 aliphatic heterocycles. The molecule has 2 rings (SSSR count). The highest BCUT2D eigenvalue weighted by Gasteiger charge is 2.18. The van der Waals surface area contributed by atoms with Gasteiger partial charge in [0, 0.05) is 20.6 Å². The van der Waals surface area contributed by atoms with E-state index in [1.165, 1.54) is 12.1 Å². The molecule has 0 fully saturated rings. The highest BCUT2D eigenvalue weighted by Crippen LogP contribution is 2.38. The molecule has 94 valence electrons. The fraction of sp³-hybridized carbons (Fsp3) is 0.0769. The van der Waals surface area contributed by atoms with Gasteiger partial charge in [-0.05, 0) is 42.0 Å². The summed E-state index contributed by atoms with van der Waals surface area (Å²) in [6.45, 7) is 0. The summed E-state index contributed by atoms with van der Waals surface area (Å²) in [7, 11) is 0. The van der Waals surface area contributed by atoms with Crippen molar-refractivity contribution >= 4 is 50.7 Å². The lowest BCUT2D eigenvalue weighted by Crippen LogP contribution is -1.97. The smallest absolute Gasteiger partial charge is 0.127 e. The number of hydrogen-bond donors (Lipinski definition) is 0. The first kappa shape index (κ1) is 14.1. The van der Waals surface area contributed by atoms with Gasteiger partial charge < -0.3 is 0 Å². The standard InChI is InChI=1S/C13H7BrCl3F/c14-13(9-5-7(15)1-3-11(9)17)10-6-8(16)2-4-12(10)18/h1-6,13H. The Balaban J connectivity index is 2.50. The lowest BCUT2D eigenvalue weighted by Gasteiger charge is -2.14. The van der Waals surface area contributed by atoms with Gasteiger partial charge in [-0.3, -0.25) is 0 Å². The molecule has 0 radical (unpaired) electrons. The van der Waals surface area contributed by atoms with Crippen molar-refractivity contribution in [1.82, 2.24) is 0 Å². The number of halogens is 5. The van der Waals surface area contributed by atoms with Crippen molar-refractivity contribution in [3.63, 3.8) is 0 Å². The fourth-order valence-electron chi connectivity index (χ4n) is 1.59. The van der Waals surface area contributed by atoms with Crippen molar-refractivity contribution in [2.24, 2.45) is 0 Å². The van der Waals surface area contributed by atoms with E-state index in [0.717, 1.165) is 0 Å². The van der Waals surface area contributed by atoms with E-state index in [0.29, 0.717) is 26.2 Å². The van der Waals surface area contributed by atoms with Crippen LogP contribution < -0.4 is 0 Å². The summed E-state index contributed by atoms with van der Waals surface area (Å²) in [4.78, 5) is -0.401. The molecule has 0 heterocycles. The summed E-state index contributed by atoms with van der Waals surface area (Å²) in [6, 6.07) is 9.44. The lowest BCUT2D eigenvalue weighted by atomic mass is 10.0. The zero-order valence-corrected chi connectivity index (χ0v) is 12.8. The number of rotatable bonds is 2. The van der Waals surface area contributed by atoms with E-state index in [2.05, 4.69) is 15.9 Å². The third-order valence-electron chi connectivity index (χ3n) is 2.46. The Morgan fingerprint density at radius 2 is 1.44 bits per heavy atom. The molecular weight excluding hydrogens is 361 g/mol. The van der Waals surface area contributed by atoms with Gasteiger partial charge in [0.1, 0.15) is 5.82 Å². The third-order valence-corrected chi connectivity index (χ3v) is 4.26. The first-order chi connectivity index (χ1) is 8.49. The van der Waals surface area contributed by atoms with Crippen LogP contribution in [0.5, 0.6) is 0 Å². The summed E-state index contributed by atoms with van der Waals surface area (Å²) in [5.41, 5.74) is 1.12. The molecule has 2 aromatic carbocycles. The summed E-state index contributed by atoms with van der Waals surface area (Å²) < 4.78 is 13.8. The molecule has 0 aliphatic rings. The van der Waals surface area contributed by atoms with Gasteiger partial charge in [-0.15, -0.1) is 0 Å². The van der Waals surface area contributed by atoms with Gasteiger partial charge in [-0.1, -0.05) is 50.7 Å². The second-order valence-electron chi connectivity index (χ2n) is 3.69. The third kappa shape index (κ3) is 3.00. The maximum Gasteiger partial charge on any atom is 0.127 e. The van der Waals surface area contributed by atoms with Crippen LogP contribution in [0.1, 0.15) is 16.0 Å². The van der Waals surface area contributed by atoms with Gasteiger partial charge in [-0.25, -0.2) is 4.39 Å². The van der Waals surface area contributed by atoms with Crippen LogP contribution in [0.2, 0.25) is 15.1 Å². The molecule has 0 N–H and O–H groups in total. The highest BCUT2D eigenvalue weighted by molar-refractivity contribution is 9.09. The second kappa shape index (κ2) is 5.79. The molecule has 0 nitrogen and oxygen atoms in total. The Kier molecular flexibility index (Phi) is 4.54. The summed E-state index contributed by atoms with van der Waals surface area (Å²) in [6.07, 6.45) is 0. The first-order valence-corrected chi connectivity index (χ1v) is 7.08. The van der Waals surface area contributed by atoms with Crippen molar-refractivity contribution in [2.45, 2.75) is 4.83 Å². The average molecular weight is 368 g/mol. The predicted molar refractivity (Wildman–Crippen MR) is 78.6 cm³/mol. The van der Waals surface area contributed by atoms with E-state index in [4.69, 9.17) is 34.8 Å². The van der Waals surface area contributed by atoms with Crippen LogP contribution in [0.25, 0.3) is 0 Å². The number of benzene rings is 2. The minimum Gasteiger partial charge on any atom is -0.207 e. The van der Waals surface area contributed by atoms with Crippen LogP contribution >= 0.6 is 50.7 Å². The van der Waals surface area contributed by atoms with Crippen LogP contribution in [0.15, 0.2) is 36.4 Å². The minimum absolute atomic E-state index is 0.350. The van der Waals surface area contributed by atoms with E-state index in [1.807, 2.05) is 0 Å². The topological polar surface area (TPSA) is 0 Å². The zero-order chi connectivity index (χ0) is 13.3. The Morgan fingerprint density at radius 3 is 2.11 bits per heavy atom. The van der Waals surface area contributed by atoms with Crippen LogP contribution in [0.3, 0.4) is 0 Å². The molecule has 1 atom stereocenters. The molecule has 0 aromatic heterocycles. The summed E-state index contributed by atoms with van der Waals surface area (Å²) >= 11 is 21.3. The Labute approximate surface area is 128 Å². The molecule has 2 aromatic rings. The maximum atomic E-state index is 13.8. The molecule has 5 heteroatoms. The first-order valence-electron chi connectivity index (χ1n) is 5.03. The molecule has 0 aliphatic carbocycles. The van der Waals surface area contributed by atoms with Crippen molar-refractivity contribution in [1.29, 1.82) is 0 Å². The van der Waals surface area contributed by atoms with Crippen LogP contribution in [-0.4, -0.2) is 0 Å². The SMILES string of the molecule is Fc1ccc(Cl)cc1C(Br)c1cc(Cl)ccc1Cl. The normalized spacial score (nSPS) is 12.5. The Hall–Kier alpha value is -0.280. The largest absolute Gasteiger partial charge is 0.207 e. The second-order valence-corrected chi connectivity index (χ2v) is 5.89. The van der Waals surface area contributed by atoms with Crippen LogP contribution in [0.4, 0.5) is 4.39 Å².